The quantitative estimate of drug-likeness (QED) is 0.892. The first-order valence-corrected chi connectivity index (χ1v) is 10.2. The Morgan fingerprint density at radius 3 is 2.60 bits per heavy atom. The topological polar surface area (TPSA) is 62.3 Å². The molecule has 1 aliphatic heterocycles. The molecule has 3 rings (SSSR count). The summed E-state index contributed by atoms with van der Waals surface area (Å²) in [7, 11) is -3.45. The maximum Gasteiger partial charge on any atom is 0.240 e. The van der Waals surface area contributed by atoms with Crippen molar-refractivity contribution in [2.75, 3.05) is 24.5 Å². The van der Waals surface area contributed by atoms with Crippen molar-refractivity contribution in [3.63, 3.8) is 0 Å². The predicted molar refractivity (Wildman–Crippen MR) is 100 cm³/mol. The number of piperidine rings is 1. The second-order valence-corrected chi connectivity index (χ2v) is 8.47. The number of nitrogens with one attached hydrogen (secondary N) is 1. The number of anilines is 1. The van der Waals surface area contributed by atoms with E-state index in [4.69, 9.17) is 0 Å². The van der Waals surface area contributed by atoms with Crippen LogP contribution in [0.3, 0.4) is 0 Å². The summed E-state index contributed by atoms with van der Waals surface area (Å²) in [6, 6.07) is 11.5. The Labute approximate surface area is 150 Å². The van der Waals surface area contributed by atoms with Gasteiger partial charge in [0.05, 0.1) is 4.90 Å². The molecule has 0 spiro atoms. The third kappa shape index (κ3) is 4.38. The van der Waals surface area contributed by atoms with Crippen molar-refractivity contribution >= 4 is 15.8 Å². The number of pyridine rings is 1. The lowest BCUT2D eigenvalue weighted by atomic mass is 9.97. The number of nitrogens with zero attached hydrogens (tertiary/aromatic N) is 2. The van der Waals surface area contributed by atoms with Gasteiger partial charge in [0.15, 0.2) is 0 Å². The van der Waals surface area contributed by atoms with E-state index in [1.54, 1.807) is 12.3 Å². The van der Waals surface area contributed by atoms with Gasteiger partial charge in [-0.2, -0.15) is 0 Å². The summed E-state index contributed by atoms with van der Waals surface area (Å²) in [6.45, 7) is 6.05. The Bertz CT molecular complexity index is 814. The monoisotopic (exact) mass is 359 g/mol. The molecule has 1 aromatic heterocycles. The molecular formula is C19H25N3O2S. The van der Waals surface area contributed by atoms with Crippen molar-refractivity contribution in [1.29, 1.82) is 0 Å². The van der Waals surface area contributed by atoms with Gasteiger partial charge in [-0.3, -0.25) is 0 Å². The summed E-state index contributed by atoms with van der Waals surface area (Å²) in [5, 5.41) is 0. The average molecular weight is 359 g/mol. The molecule has 1 aliphatic rings. The van der Waals surface area contributed by atoms with Crippen molar-refractivity contribution in [3.05, 3.63) is 53.7 Å². The van der Waals surface area contributed by atoms with Gasteiger partial charge in [-0.1, -0.05) is 18.2 Å². The van der Waals surface area contributed by atoms with Crippen molar-refractivity contribution < 1.29 is 8.42 Å². The van der Waals surface area contributed by atoms with Gasteiger partial charge >= 0.3 is 0 Å². The molecule has 0 amide bonds. The van der Waals surface area contributed by atoms with Crippen LogP contribution in [0.4, 0.5) is 5.82 Å². The van der Waals surface area contributed by atoms with Gasteiger partial charge in [-0.25, -0.2) is 18.1 Å². The summed E-state index contributed by atoms with van der Waals surface area (Å²) in [6.07, 6.45) is 3.73. The summed E-state index contributed by atoms with van der Waals surface area (Å²) in [5.74, 6) is 1.36. The number of aryl methyl sites for hydroxylation is 2. The molecule has 0 saturated carbocycles. The smallest absolute Gasteiger partial charge is 0.240 e. The third-order valence-corrected chi connectivity index (χ3v) is 6.35. The predicted octanol–water partition coefficient (Wildman–Crippen LogP) is 2.89. The fraction of sp³-hybridized carbons (Fsp3) is 0.421. The SMILES string of the molecule is Cc1ccc(C)c(S(=O)(=O)NCC2CCN(c3ccccn3)CC2)c1. The van der Waals surface area contributed by atoms with E-state index >= 15 is 0 Å². The molecule has 0 radical (unpaired) electrons. The second-order valence-electron chi connectivity index (χ2n) is 6.74. The van der Waals surface area contributed by atoms with E-state index in [1.807, 2.05) is 44.2 Å². The molecule has 0 unspecified atom stereocenters. The van der Waals surface area contributed by atoms with Gasteiger partial charge in [-0.05, 0) is 61.9 Å². The molecule has 1 fully saturated rings. The van der Waals surface area contributed by atoms with Crippen LogP contribution >= 0.6 is 0 Å². The van der Waals surface area contributed by atoms with Crippen LogP contribution in [0.25, 0.3) is 0 Å². The standard InChI is InChI=1S/C19H25N3O2S/c1-15-6-7-16(2)18(13-15)25(23,24)21-14-17-8-11-22(12-9-17)19-5-3-4-10-20-19/h3-7,10,13,17,21H,8-9,11-12,14H2,1-2H3. The molecule has 2 aromatic rings. The van der Waals surface area contributed by atoms with Crippen LogP contribution < -0.4 is 9.62 Å². The van der Waals surface area contributed by atoms with Crippen molar-refractivity contribution in [3.8, 4) is 0 Å². The van der Waals surface area contributed by atoms with Crippen LogP contribution in [0.2, 0.25) is 0 Å². The minimum Gasteiger partial charge on any atom is -0.357 e. The molecule has 134 valence electrons. The van der Waals surface area contributed by atoms with Crippen LogP contribution in [0.1, 0.15) is 24.0 Å². The summed E-state index contributed by atoms with van der Waals surface area (Å²) < 4.78 is 28.0. The summed E-state index contributed by atoms with van der Waals surface area (Å²) in [4.78, 5) is 7.03. The molecule has 0 bridgehead atoms. The summed E-state index contributed by atoms with van der Waals surface area (Å²) in [5.41, 5.74) is 1.73. The van der Waals surface area contributed by atoms with Gasteiger partial charge in [-0.15, -0.1) is 0 Å². The molecule has 2 heterocycles. The van der Waals surface area contributed by atoms with E-state index < -0.39 is 10.0 Å². The van der Waals surface area contributed by atoms with Crippen LogP contribution in [0.5, 0.6) is 0 Å². The Kier molecular flexibility index (Phi) is 5.39. The van der Waals surface area contributed by atoms with Crippen LogP contribution in [-0.4, -0.2) is 33.0 Å². The lowest BCUT2D eigenvalue weighted by Gasteiger charge is -2.32. The number of benzene rings is 1. The molecule has 1 N–H and O–H groups in total. The molecule has 25 heavy (non-hydrogen) atoms. The third-order valence-electron chi connectivity index (χ3n) is 4.78. The average Bonchev–Trinajstić information content (AvgIpc) is 2.63. The number of sulfonamides is 1. The molecule has 0 aliphatic carbocycles. The number of hydrogen-bond donors (Lipinski definition) is 1. The fourth-order valence-electron chi connectivity index (χ4n) is 3.21. The van der Waals surface area contributed by atoms with Crippen molar-refractivity contribution in [2.45, 2.75) is 31.6 Å². The fourth-order valence-corrected chi connectivity index (χ4v) is 4.65. The molecular weight excluding hydrogens is 334 g/mol. The minimum absolute atomic E-state index is 0.361. The zero-order valence-electron chi connectivity index (χ0n) is 14.8. The second kappa shape index (κ2) is 7.54. The first-order valence-electron chi connectivity index (χ1n) is 8.68. The molecule has 1 saturated heterocycles. The maximum atomic E-state index is 12.6. The Balaban J connectivity index is 1.57. The van der Waals surface area contributed by atoms with Gasteiger partial charge < -0.3 is 4.90 Å². The molecule has 5 nitrogen and oxygen atoms in total. The van der Waals surface area contributed by atoms with E-state index in [-0.39, 0.29) is 0 Å². The van der Waals surface area contributed by atoms with Gasteiger partial charge in [0.25, 0.3) is 0 Å². The van der Waals surface area contributed by atoms with Crippen LogP contribution in [0.15, 0.2) is 47.5 Å². The van der Waals surface area contributed by atoms with Gasteiger partial charge in [0.2, 0.25) is 10.0 Å². The highest BCUT2D eigenvalue weighted by Gasteiger charge is 2.23. The summed E-state index contributed by atoms with van der Waals surface area (Å²) >= 11 is 0. The lowest BCUT2D eigenvalue weighted by molar-refractivity contribution is 0.400. The Morgan fingerprint density at radius 2 is 1.92 bits per heavy atom. The van der Waals surface area contributed by atoms with E-state index in [0.717, 1.165) is 42.9 Å². The zero-order valence-corrected chi connectivity index (χ0v) is 15.6. The highest BCUT2D eigenvalue weighted by Crippen LogP contribution is 2.22. The van der Waals surface area contributed by atoms with Crippen molar-refractivity contribution in [1.82, 2.24) is 9.71 Å². The first kappa shape index (κ1) is 17.9. The maximum absolute atomic E-state index is 12.6. The lowest BCUT2D eigenvalue weighted by Crippen LogP contribution is -2.39. The number of aromatic nitrogens is 1. The molecule has 1 aromatic carbocycles. The molecule has 6 heteroatoms. The van der Waals surface area contributed by atoms with Gasteiger partial charge in [0.1, 0.15) is 5.82 Å². The normalized spacial score (nSPS) is 16.2. The first-order chi connectivity index (χ1) is 12.0. The number of hydrogen-bond acceptors (Lipinski definition) is 4. The van der Waals surface area contributed by atoms with E-state index in [1.165, 1.54) is 0 Å². The van der Waals surface area contributed by atoms with Gasteiger partial charge in [0, 0.05) is 25.8 Å². The zero-order chi connectivity index (χ0) is 17.9. The van der Waals surface area contributed by atoms with E-state index in [2.05, 4.69) is 14.6 Å². The molecule has 0 atom stereocenters. The van der Waals surface area contributed by atoms with Crippen LogP contribution in [0, 0.1) is 19.8 Å². The Morgan fingerprint density at radius 1 is 1.16 bits per heavy atom. The van der Waals surface area contributed by atoms with E-state index in [0.29, 0.717) is 17.4 Å². The highest BCUT2D eigenvalue weighted by molar-refractivity contribution is 7.89. The highest BCUT2D eigenvalue weighted by atomic mass is 32.2. The number of rotatable bonds is 5. The van der Waals surface area contributed by atoms with Crippen LogP contribution in [-0.2, 0) is 10.0 Å². The van der Waals surface area contributed by atoms with E-state index in [9.17, 15) is 8.42 Å². The Hall–Kier alpha value is -1.92. The van der Waals surface area contributed by atoms with Crippen molar-refractivity contribution in [2.24, 2.45) is 5.92 Å². The minimum atomic E-state index is -3.45. The largest absolute Gasteiger partial charge is 0.357 e.